The molecule has 0 spiro atoms. The van der Waals surface area contributed by atoms with E-state index in [-0.39, 0.29) is 0 Å². The maximum absolute atomic E-state index is 8.48. The fourth-order valence-electron chi connectivity index (χ4n) is 1.60. The molecule has 2 heterocycles. The van der Waals surface area contributed by atoms with Crippen LogP contribution in [-0.4, -0.2) is 39.7 Å². The molecule has 20 heavy (non-hydrogen) atoms. The topological polar surface area (TPSA) is 90.4 Å². The molecule has 0 radical (unpaired) electrons. The summed E-state index contributed by atoms with van der Waals surface area (Å²) >= 11 is 1.76. The molecule has 8 heteroatoms. The molecule has 0 fully saturated rings. The lowest BCUT2D eigenvalue weighted by molar-refractivity contribution is 0.930. The van der Waals surface area contributed by atoms with Crippen LogP contribution in [0, 0.1) is 11.5 Å². The lowest BCUT2D eigenvalue weighted by Gasteiger charge is -2.05. The molecule has 0 bridgehead atoms. The molecule has 0 aromatic carbocycles. The van der Waals surface area contributed by atoms with Crippen LogP contribution in [0.5, 0.6) is 0 Å². The zero-order valence-electron chi connectivity index (χ0n) is 11.1. The van der Waals surface area contributed by atoms with Gasteiger partial charge in [0.1, 0.15) is 0 Å². The predicted molar refractivity (Wildman–Crippen MR) is 79.3 cm³/mol. The van der Waals surface area contributed by atoms with Gasteiger partial charge in [0.15, 0.2) is 6.19 Å². The van der Waals surface area contributed by atoms with Crippen molar-refractivity contribution in [1.29, 1.82) is 5.26 Å². The Balaban J connectivity index is 1.72. The van der Waals surface area contributed by atoms with Gasteiger partial charge in [-0.15, -0.1) is 0 Å². The summed E-state index contributed by atoms with van der Waals surface area (Å²) in [6, 6.07) is 1.88. The standard InChI is InChI=1S/C12H15N7S/c1-14-11(17-9-13)15-4-6-20-8-10-7-19-5-2-3-16-12(19)18-10/h2-3,5,7H,4,6,8H2,1H3,(H2,14,15,17). The van der Waals surface area contributed by atoms with E-state index in [0.717, 1.165) is 29.5 Å². The van der Waals surface area contributed by atoms with Crippen molar-refractivity contribution < 1.29 is 0 Å². The molecule has 0 aliphatic carbocycles. The van der Waals surface area contributed by atoms with Crippen molar-refractivity contribution in [3.05, 3.63) is 30.4 Å². The SMILES string of the molecule is CN=C(NC#N)NCCSCc1cn2cccnc2n1. The molecule has 0 unspecified atom stereocenters. The van der Waals surface area contributed by atoms with Crippen molar-refractivity contribution in [2.24, 2.45) is 4.99 Å². The van der Waals surface area contributed by atoms with E-state index in [2.05, 4.69) is 25.6 Å². The summed E-state index contributed by atoms with van der Waals surface area (Å²) in [5.41, 5.74) is 1.01. The van der Waals surface area contributed by atoms with Crippen LogP contribution in [-0.2, 0) is 5.75 Å². The van der Waals surface area contributed by atoms with Gasteiger partial charge >= 0.3 is 0 Å². The predicted octanol–water partition coefficient (Wildman–Crippen LogP) is 0.609. The van der Waals surface area contributed by atoms with Gasteiger partial charge in [-0.1, -0.05) is 0 Å². The van der Waals surface area contributed by atoms with Crippen molar-refractivity contribution in [1.82, 2.24) is 25.0 Å². The highest BCUT2D eigenvalue weighted by atomic mass is 32.2. The number of fused-ring (bicyclic) bond motifs is 1. The van der Waals surface area contributed by atoms with Crippen molar-refractivity contribution in [2.45, 2.75) is 5.75 Å². The minimum Gasteiger partial charge on any atom is -0.355 e. The van der Waals surface area contributed by atoms with E-state index >= 15 is 0 Å². The maximum Gasteiger partial charge on any atom is 0.233 e. The Morgan fingerprint density at radius 1 is 1.60 bits per heavy atom. The number of aliphatic imine (C=N–C) groups is 1. The van der Waals surface area contributed by atoms with Gasteiger partial charge in [-0.05, 0) is 6.07 Å². The number of nitrogens with zero attached hydrogens (tertiary/aromatic N) is 5. The molecule has 2 aromatic rings. The molecule has 0 saturated carbocycles. The molecule has 2 rings (SSSR count). The summed E-state index contributed by atoms with van der Waals surface area (Å²) in [6.45, 7) is 0.734. The van der Waals surface area contributed by atoms with Crippen molar-refractivity contribution in [3.8, 4) is 6.19 Å². The first-order chi connectivity index (χ1) is 9.83. The fourth-order valence-corrected chi connectivity index (χ4v) is 2.34. The second-order valence-electron chi connectivity index (χ2n) is 3.85. The highest BCUT2D eigenvalue weighted by Crippen LogP contribution is 2.11. The second kappa shape index (κ2) is 7.35. The molecule has 0 aliphatic heterocycles. The van der Waals surface area contributed by atoms with Gasteiger partial charge in [0.05, 0.1) is 5.69 Å². The number of imidazole rings is 1. The van der Waals surface area contributed by atoms with Crippen LogP contribution in [0.1, 0.15) is 5.69 Å². The van der Waals surface area contributed by atoms with Crippen LogP contribution in [0.25, 0.3) is 5.78 Å². The average molecular weight is 289 g/mol. The van der Waals surface area contributed by atoms with Gasteiger partial charge in [0, 0.05) is 43.7 Å². The molecular weight excluding hydrogens is 274 g/mol. The van der Waals surface area contributed by atoms with Crippen LogP contribution < -0.4 is 10.6 Å². The first kappa shape index (κ1) is 14.1. The van der Waals surface area contributed by atoms with E-state index in [1.54, 1.807) is 25.0 Å². The molecule has 7 nitrogen and oxygen atoms in total. The number of rotatable bonds is 5. The van der Waals surface area contributed by atoms with Gasteiger partial charge < -0.3 is 5.32 Å². The fraction of sp³-hybridized carbons (Fsp3) is 0.333. The number of nitrogens with one attached hydrogen (secondary N) is 2. The van der Waals surface area contributed by atoms with E-state index in [1.807, 2.05) is 29.1 Å². The molecule has 0 atom stereocenters. The Morgan fingerprint density at radius 2 is 2.50 bits per heavy atom. The summed E-state index contributed by atoms with van der Waals surface area (Å²) in [4.78, 5) is 12.5. The van der Waals surface area contributed by atoms with Crippen LogP contribution in [0.4, 0.5) is 0 Å². The van der Waals surface area contributed by atoms with Gasteiger partial charge in [0.2, 0.25) is 11.7 Å². The normalized spacial score (nSPS) is 11.3. The molecule has 2 N–H and O–H groups in total. The Kier molecular flexibility index (Phi) is 5.20. The number of hydrogen-bond donors (Lipinski definition) is 2. The van der Waals surface area contributed by atoms with Crippen molar-refractivity contribution in [2.75, 3.05) is 19.3 Å². The molecule has 0 saturated heterocycles. The molecule has 0 aliphatic rings. The van der Waals surface area contributed by atoms with E-state index < -0.39 is 0 Å². The monoisotopic (exact) mass is 289 g/mol. The second-order valence-corrected chi connectivity index (χ2v) is 4.95. The zero-order chi connectivity index (χ0) is 14.2. The van der Waals surface area contributed by atoms with Crippen LogP contribution in [0.3, 0.4) is 0 Å². The van der Waals surface area contributed by atoms with Gasteiger partial charge in [0.25, 0.3) is 0 Å². The van der Waals surface area contributed by atoms with Gasteiger partial charge in [-0.25, -0.2) is 9.97 Å². The highest BCUT2D eigenvalue weighted by Gasteiger charge is 2.02. The summed E-state index contributed by atoms with van der Waals surface area (Å²) in [7, 11) is 1.63. The van der Waals surface area contributed by atoms with Crippen molar-refractivity contribution >= 4 is 23.5 Å². The van der Waals surface area contributed by atoms with E-state index in [9.17, 15) is 0 Å². The van der Waals surface area contributed by atoms with Gasteiger partial charge in [-0.3, -0.25) is 14.7 Å². The largest absolute Gasteiger partial charge is 0.355 e. The zero-order valence-corrected chi connectivity index (χ0v) is 11.9. The summed E-state index contributed by atoms with van der Waals surface area (Å²) in [5.74, 6) is 2.94. The summed E-state index contributed by atoms with van der Waals surface area (Å²) < 4.78 is 1.91. The number of hydrogen-bond acceptors (Lipinski definition) is 5. The van der Waals surface area contributed by atoms with Crippen molar-refractivity contribution in [3.63, 3.8) is 0 Å². The minimum atomic E-state index is 0.491. The molecule has 0 amide bonds. The smallest absolute Gasteiger partial charge is 0.233 e. The quantitative estimate of drug-likeness (QED) is 0.275. The number of guanidine groups is 1. The first-order valence-corrected chi connectivity index (χ1v) is 7.21. The van der Waals surface area contributed by atoms with Crippen LogP contribution >= 0.6 is 11.8 Å². The third-order valence-corrected chi connectivity index (χ3v) is 3.46. The third kappa shape index (κ3) is 3.86. The third-order valence-electron chi connectivity index (χ3n) is 2.47. The summed E-state index contributed by atoms with van der Waals surface area (Å²) in [5, 5.41) is 14.0. The van der Waals surface area contributed by atoms with Crippen LogP contribution in [0.15, 0.2) is 29.6 Å². The number of aromatic nitrogens is 3. The Morgan fingerprint density at radius 3 is 3.25 bits per heavy atom. The molecule has 104 valence electrons. The number of thioether (sulfide) groups is 1. The highest BCUT2D eigenvalue weighted by molar-refractivity contribution is 7.98. The Labute approximate surface area is 121 Å². The molecular formula is C12H15N7S. The van der Waals surface area contributed by atoms with E-state index in [4.69, 9.17) is 5.26 Å². The first-order valence-electron chi connectivity index (χ1n) is 6.05. The number of nitriles is 1. The Hall–Kier alpha value is -2.27. The maximum atomic E-state index is 8.48. The molecule has 2 aromatic heterocycles. The van der Waals surface area contributed by atoms with Gasteiger partial charge in [-0.2, -0.15) is 17.0 Å². The Bertz CT molecular complexity index is 595. The average Bonchev–Trinajstić information content (AvgIpc) is 2.88. The lowest BCUT2D eigenvalue weighted by Crippen LogP contribution is -2.35. The van der Waals surface area contributed by atoms with E-state index in [0.29, 0.717) is 5.96 Å². The van der Waals surface area contributed by atoms with E-state index in [1.165, 1.54) is 0 Å². The summed E-state index contributed by atoms with van der Waals surface area (Å²) in [6.07, 6.45) is 7.48. The van der Waals surface area contributed by atoms with Crippen LogP contribution in [0.2, 0.25) is 0 Å². The lowest BCUT2D eigenvalue weighted by atomic mass is 10.6. The minimum absolute atomic E-state index is 0.491.